The average molecular weight is 531 g/mol. The van der Waals surface area contributed by atoms with Crippen molar-refractivity contribution in [2.45, 2.75) is 52.9 Å². The van der Waals surface area contributed by atoms with Crippen LogP contribution in [0.3, 0.4) is 0 Å². The fourth-order valence-electron chi connectivity index (χ4n) is 5.31. The van der Waals surface area contributed by atoms with Gasteiger partial charge in [-0.15, -0.1) is 0 Å². The minimum absolute atomic E-state index is 0.555. The van der Waals surface area contributed by atoms with Crippen LogP contribution in [0.15, 0.2) is 49.3 Å². The third kappa shape index (κ3) is 4.46. The van der Waals surface area contributed by atoms with E-state index in [0.717, 1.165) is 51.1 Å². The van der Waals surface area contributed by atoms with E-state index in [-0.39, 0.29) is 0 Å². The lowest BCUT2D eigenvalue weighted by atomic mass is 9.87. The van der Waals surface area contributed by atoms with Crippen LogP contribution < -0.4 is 4.90 Å². The number of aryl methyl sites for hydroxylation is 1. The second-order valence-corrected chi connectivity index (χ2v) is 11.0. The van der Waals surface area contributed by atoms with Gasteiger partial charge in [0, 0.05) is 52.7 Å². The van der Waals surface area contributed by atoms with Crippen LogP contribution >= 0.6 is 11.6 Å². The van der Waals surface area contributed by atoms with E-state index in [1.54, 1.807) is 18.5 Å². The predicted octanol–water partition coefficient (Wildman–Crippen LogP) is 7.10. The number of benzene rings is 2. The summed E-state index contributed by atoms with van der Waals surface area (Å²) in [5.74, 6) is -0.492. The van der Waals surface area contributed by atoms with Crippen LogP contribution in [-0.4, -0.2) is 37.8 Å². The van der Waals surface area contributed by atoms with E-state index in [2.05, 4.69) is 39.0 Å². The molecule has 1 N–H and O–H groups in total. The second kappa shape index (κ2) is 9.57. The fourth-order valence-corrected chi connectivity index (χ4v) is 5.43. The van der Waals surface area contributed by atoms with E-state index in [1.165, 1.54) is 0 Å². The lowest BCUT2D eigenvalue weighted by Crippen LogP contribution is -2.32. The molecular weight excluding hydrogens is 500 g/mol. The molecule has 2 aromatic carbocycles. The lowest BCUT2D eigenvalue weighted by Gasteiger charge is -2.35. The van der Waals surface area contributed by atoms with E-state index in [1.807, 2.05) is 52.0 Å². The van der Waals surface area contributed by atoms with Crippen LogP contribution in [0.25, 0.3) is 28.1 Å². The van der Waals surface area contributed by atoms with Crippen molar-refractivity contribution in [1.82, 2.24) is 14.5 Å². The van der Waals surface area contributed by atoms with E-state index >= 15 is 0 Å². The molecule has 1 aliphatic rings. The quantitative estimate of drug-likeness (QED) is 0.286. The van der Waals surface area contributed by atoms with Gasteiger partial charge in [-0.3, -0.25) is 0 Å². The Labute approximate surface area is 227 Å². The molecule has 4 aromatic rings. The molecule has 0 fully saturated rings. The zero-order valence-corrected chi connectivity index (χ0v) is 23.0. The summed E-state index contributed by atoms with van der Waals surface area (Å²) < 4.78 is 8.52. The summed E-state index contributed by atoms with van der Waals surface area (Å²) in [7, 11) is 0. The van der Waals surface area contributed by atoms with Gasteiger partial charge in [0.05, 0.1) is 16.8 Å². The molecule has 1 aliphatic heterocycles. The normalized spacial score (nSPS) is 14.1. The molecule has 5 rings (SSSR count). The van der Waals surface area contributed by atoms with Gasteiger partial charge in [-0.1, -0.05) is 36.4 Å². The molecule has 8 heteroatoms. The van der Waals surface area contributed by atoms with Gasteiger partial charge in [0.25, 0.3) is 0 Å². The van der Waals surface area contributed by atoms with Gasteiger partial charge in [0.15, 0.2) is 6.10 Å². The van der Waals surface area contributed by atoms with Crippen LogP contribution in [0.4, 0.5) is 11.6 Å². The van der Waals surface area contributed by atoms with Crippen molar-refractivity contribution in [3.8, 4) is 11.1 Å². The number of carboxylic acids is 1. The second-order valence-electron chi connectivity index (χ2n) is 10.6. The van der Waals surface area contributed by atoms with Crippen LogP contribution in [0.1, 0.15) is 49.3 Å². The highest BCUT2D eigenvalue weighted by Gasteiger charge is 2.36. The van der Waals surface area contributed by atoms with E-state index < -0.39 is 17.7 Å². The van der Waals surface area contributed by atoms with Crippen molar-refractivity contribution in [2.75, 3.05) is 11.4 Å². The summed E-state index contributed by atoms with van der Waals surface area (Å²) in [5, 5.41) is 12.0. The maximum atomic E-state index is 12.8. The number of nitrogens with zero attached hydrogens (tertiary/aromatic N) is 4. The minimum atomic E-state index is -1.20. The molecule has 38 heavy (non-hydrogen) atoms. The van der Waals surface area contributed by atoms with Crippen molar-refractivity contribution in [1.29, 1.82) is 0 Å². The van der Waals surface area contributed by atoms with Crippen LogP contribution in [0.5, 0.6) is 0 Å². The van der Waals surface area contributed by atoms with Crippen molar-refractivity contribution in [3.05, 3.63) is 76.7 Å². The monoisotopic (exact) mass is 530 g/mol. The van der Waals surface area contributed by atoms with Gasteiger partial charge in [-0.25, -0.2) is 14.8 Å². The standard InChI is InChI=1S/C30H31ClN4O3/c1-7-19-15-32-29(33-16-19)35-13-12-34-17(2)14-22-24(20-8-10-21(31)11-9-20)23(18(3)25(35)26(22)34)27(28(36)37)38-30(4,5)6/h7-11,14-16,27H,1,12-13H2,2-6H3,(H,36,37)/t27-/m0/s1. The largest absolute Gasteiger partial charge is 0.479 e. The van der Waals surface area contributed by atoms with Crippen molar-refractivity contribution < 1.29 is 14.6 Å². The summed E-state index contributed by atoms with van der Waals surface area (Å²) >= 11 is 6.23. The number of aromatic nitrogens is 3. The molecule has 1 atom stereocenters. The Kier molecular flexibility index (Phi) is 6.53. The zero-order valence-electron chi connectivity index (χ0n) is 22.2. The first kappa shape index (κ1) is 25.9. The number of carbonyl (C=O) groups is 1. The van der Waals surface area contributed by atoms with E-state index in [0.29, 0.717) is 23.1 Å². The fraction of sp³-hybridized carbons (Fsp3) is 0.300. The smallest absolute Gasteiger partial charge is 0.337 e. The third-order valence-corrected chi connectivity index (χ3v) is 7.12. The summed E-state index contributed by atoms with van der Waals surface area (Å²) in [6.45, 7) is 14.8. The number of hydrogen-bond donors (Lipinski definition) is 1. The first-order chi connectivity index (χ1) is 18.0. The van der Waals surface area contributed by atoms with Gasteiger partial charge in [0.1, 0.15) is 0 Å². The van der Waals surface area contributed by atoms with Crippen molar-refractivity contribution in [2.24, 2.45) is 0 Å². The lowest BCUT2D eigenvalue weighted by molar-refractivity contribution is -0.160. The molecule has 0 saturated heterocycles. The van der Waals surface area contributed by atoms with Gasteiger partial charge in [0.2, 0.25) is 5.95 Å². The molecule has 7 nitrogen and oxygen atoms in total. The summed E-state index contributed by atoms with van der Waals surface area (Å²) in [6, 6.07) is 9.65. The van der Waals surface area contributed by atoms with Crippen molar-refractivity contribution in [3.63, 3.8) is 0 Å². The number of hydrogen-bond acceptors (Lipinski definition) is 5. The maximum absolute atomic E-state index is 12.8. The molecule has 0 aliphatic carbocycles. The Bertz CT molecular complexity index is 1550. The molecule has 0 spiro atoms. The molecule has 0 radical (unpaired) electrons. The molecule has 196 valence electrons. The minimum Gasteiger partial charge on any atom is -0.479 e. The number of ether oxygens (including phenoxy) is 1. The summed E-state index contributed by atoms with van der Waals surface area (Å²) in [5.41, 5.74) is 6.29. The highest BCUT2D eigenvalue weighted by Crippen LogP contribution is 2.49. The molecule has 0 unspecified atom stereocenters. The highest BCUT2D eigenvalue weighted by molar-refractivity contribution is 6.30. The van der Waals surface area contributed by atoms with Crippen LogP contribution in [-0.2, 0) is 16.1 Å². The maximum Gasteiger partial charge on any atom is 0.337 e. The van der Waals surface area contributed by atoms with Gasteiger partial charge >= 0.3 is 5.97 Å². The number of aliphatic carboxylic acids is 1. The summed E-state index contributed by atoms with van der Waals surface area (Å²) in [6.07, 6.45) is 4.00. The molecule has 0 bridgehead atoms. The first-order valence-electron chi connectivity index (χ1n) is 12.5. The van der Waals surface area contributed by atoms with E-state index in [4.69, 9.17) is 16.3 Å². The van der Waals surface area contributed by atoms with Crippen LogP contribution in [0, 0.1) is 13.8 Å². The number of rotatable bonds is 6. The Hall–Kier alpha value is -3.68. The SMILES string of the molecule is C=Cc1cnc(N2CCn3c(C)cc4c(-c5ccc(Cl)cc5)c([C@H](OC(C)(C)C)C(=O)O)c(C)c2c43)nc1. The van der Waals surface area contributed by atoms with E-state index in [9.17, 15) is 9.90 Å². The highest BCUT2D eigenvalue weighted by atomic mass is 35.5. The van der Waals surface area contributed by atoms with Crippen molar-refractivity contribution >= 4 is 46.2 Å². The molecule has 3 heterocycles. The molecule has 0 amide bonds. The van der Waals surface area contributed by atoms with Gasteiger partial charge < -0.3 is 19.3 Å². The number of carboxylic acid groups (broad SMARTS) is 1. The zero-order chi connectivity index (χ0) is 27.4. The van der Waals surface area contributed by atoms with Gasteiger partial charge in [-0.2, -0.15) is 0 Å². The van der Waals surface area contributed by atoms with Crippen LogP contribution in [0.2, 0.25) is 5.02 Å². The Morgan fingerprint density at radius 3 is 2.39 bits per heavy atom. The summed E-state index contributed by atoms with van der Waals surface area (Å²) in [4.78, 5) is 24.1. The van der Waals surface area contributed by atoms with Gasteiger partial charge in [-0.05, 0) is 69.5 Å². The Morgan fingerprint density at radius 1 is 1.16 bits per heavy atom. The number of halogens is 1. The molecule has 2 aromatic heterocycles. The third-order valence-electron chi connectivity index (χ3n) is 6.87. The Morgan fingerprint density at radius 2 is 1.82 bits per heavy atom. The average Bonchev–Trinajstić information content (AvgIpc) is 3.21. The first-order valence-corrected chi connectivity index (χ1v) is 12.9. The molecular formula is C30H31ClN4O3. The predicted molar refractivity (Wildman–Crippen MR) is 152 cm³/mol. The Balaban J connectivity index is 1.89. The number of anilines is 2. The topological polar surface area (TPSA) is 80.5 Å². The molecule has 0 saturated carbocycles.